The summed E-state index contributed by atoms with van der Waals surface area (Å²) in [5, 5.41) is 0. The molecule has 0 aliphatic carbocycles. The minimum Gasteiger partial charge on any atom is -0.393 e. The lowest BCUT2D eigenvalue weighted by Gasteiger charge is -2.38. The van der Waals surface area contributed by atoms with Crippen molar-refractivity contribution in [2.45, 2.75) is 46.1 Å². The zero-order chi connectivity index (χ0) is 12.3. The van der Waals surface area contributed by atoms with Crippen LogP contribution in [0.2, 0.25) is 0 Å². The summed E-state index contributed by atoms with van der Waals surface area (Å²) >= 11 is 4.95. The maximum Gasteiger partial charge on any atom is 0.232 e. The molecule has 1 rings (SSSR count). The molecule has 0 aromatic rings. The van der Waals surface area contributed by atoms with Crippen LogP contribution in [0.15, 0.2) is 0 Å². The van der Waals surface area contributed by atoms with E-state index in [0.29, 0.717) is 23.4 Å². The summed E-state index contributed by atoms with van der Waals surface area (Å²) in [6.07, 6.45) is 2.87. The van der Waals surface area contributed by atoms with Gasteiger partial charge in [0, 0.05) is 12.6 Å². The number of thiocarbonyl (C=S) groups is 1. The van der Waals surface area contributed by atoms with E-state index in [4.69, 9.17) is 18.0 Å². The van der Waals surface area contributed by atoms with Crippen LogP contribution in [0.4, 0.5) is 0 Å². The highest BCUT2D eigenvalue weighted by atomic mass is 32.1. The van der Waals surface area contributed by atoms with E-state index in [1.54, 1.807) is 0 Å². The van der Waals surface area contributed by atoms with Gasteiger partial charge in [-0.1, -0.05) is 26.1 Å². The molecule has 1 saturated heterocycles. The van der Waals surface area contributed by atoms with E-state index in [2.05, 4.69) is 13.8 Å². The number of carbonyl (C=O) groups is 1. The van der Waals surface area contributed by atoms with Crippen LogP contribution in [0.1, 0.15) is 40.0 Å². The zero-order valence-corrected chi connectivity index (χ0v) is 11.2. The lowest BCUT2D eigenvalue weighted by Crippen LogP contribution is -2.49. The van der Waals surface area contributed by atoms with Crippen LogP contribution in [0.25, 0.3) is 0 Å². The maximum atomic E-state index is 12.2. The smallest absolute Gasteiger partial charge is 0.232 e. The first-order valence-corrected chi connectivity index (χ1v) is 6.48. The van der Waals surface area contributed by atoms with Gasteiger partial charge in [-0.25, -0.2) is 0 Å². The molecule has 1 aliphatic rings. The van der Waals surface area contributed by atoms with Gasteiger partial charge in [0.05, 0.1) is 10.9 Å². The molecule has 1 aliphatic heterocycles. The van der Waals surface area contributed by atoms with Crippen LogP contribution < -0.4 is 5.73 Å². The third kappa shape index (κ3) is 2.94. The Balaban J connectivity index is 2.69. The van der Waals surface area contributed by atoms with Gasteiger partial charge in [-0.05, 0) is 32.1 Å². The predicted molar refractivity (Wildman–Crippen MR) is 70.1 cm³/mol. The maximum absolute atomic E-state index is 12.2. The topological polar surface area (TPSA) is 46.3 Å². The third-order valence-electron chi connectivity index (χ3n) is 3.47. The fraction of sp³-hybridized carbons (Fsp3) is 0.833. The van der Waals surface area contributed by atoms with Crippen molar-refractivity contribution in [3.63, 3.8) is 0 Å². The number of hydrogen-bond acceptors (Lipinski definition) is 2. The van der Waals surface area contributed by atoms with Crippen LogP contribution in [-0.2, 0) is 4.79 Å². The molecule has 0 spiro atoms. The van der Waals surface area contributed by atoms with E-state index in [1.165, 1.54) is 0 Å². The van der Waals surface area contributed by atoms with Crippen LogP contribution in [0, 0.1) is 11.8 Å². The van der Waals surface area contributed by atoms with Crippen molar-refractivity contribution in [2.24, 2.45) is 17.6 Å². The number of nitrogens with zero attached hydrogens (tertiary/aromatic N) is 1. The Morgan fingerprint density at radius 1 is 1.56 bits per heavy atom. The van der Waals surface area contributed by atoms with E-state index < -0.39 is 0 Å². The number of hydrogen-bond donors (Lipinski definition) is 1. The van der Waals surface area contributed by atoms with Gasteiger partial charge in [-0.3, -0.25) is 4.79 Å². The van der Waals surface area contributed by atoms with Gasteiger partial charge in [0.2, 0.25) is 5.91 Å². The number of piperidine rings is 1. The molecule has 4 heteroatoms. The van der Waals surface area contributed by atoms with Crippen LogP contribution in [-0.4, -0.2) is 28.4 Å². The van der Waals surface area contributed by atoms with Crippen LogP contribution >= 0.6 is 12.2 Å². The van der Waals surface area contributed by atoms with E-state index >= 15 is 0 Å². The van der Waals surface area contributed by atoms with E-state index in [9.17, 15) is 4.79 Å². The summed E-state index contributed by atoms with van der Waals surface area (Å²) < 4.78 is 0. The molecule has 0 saturated carbocycles. The monoisotopic (exact) mass is 242 g/mol. The molecule has 1 fully saturated rings. The lowest BCUT2D eigenvalue weighted by atomic mass is 9.91. The Kier molecular flexibility index (Phi) is 4.71. The Bertz CT molecular complexity index is 280. The summed E-state index contributed by atoms with van der Waals surface area (Å²) in [7, 11) is 0. The van der Waals surface area contributed by atoms with Crippen molar-refractivity contribution in [1.29, 1.82) is 0 Å². The molecule has 16 heavy (non-hydrogen) atoms. The minimum absolute atomic E-state index is 0.120. The molecule has 0 aromatic carbocycles. The Morgan fingerprint density at radius 3 is 2.62 bits per heavy atom. The van der Waals surface area contributed by atoms with E-state index in [1.807, 2.05) is 11.8 Å². The van der Waals surface area contributed by atoms with Gasteiger partial charge in [0.1, 0.15) is 0 Å². The number of amides is 1. The fourth-order valence-electron chi connectivity index (χ4n) is 2.43. The number of rotatable bonds is 3. The fourth-order valence-corrected chi connectivity index (χ4v) is 2.70. The average molecular weight is 242 g/mol. The largest absolute Gasteiger partial charge is 0.393 e. The third-order valence-corrected chi connectivity index (χ3v) is 3.76. The van der Waals surface area contributed by atoms with Gasteiger partial charge in [0.25, 0.3) is 0 Å². The molecule has 3 unspecified atom stereocenters. The first-order chi connectivity index (χ1) is 7.47. The second kappa shape index (κ2) is 5.62. The highest BCUT2D eigenvalue weighted by Crippen LogP contribution is 2.24. The van der Waals surface area contributed by atoms with Crippen molar-refractivity contribution >= 4 is 23.1 Å². The van der Waals surface area contributed by atoms with Gasteiger partial charge >= 0.3 is 0 Å². The summed E-state index contributed by atoms with van der Waals surface area (Å²) in [6, 6.07) is 0.319. The molecular weight excluding hydrogens is 220 g/mol. The zero-order valence-electron chi connectivity index (χ0n) is 10.4. The summed E-state index contributed by atoms with van der Waals surface area (Å²) in [5.41, 5.74) is 5.61. The first kappa shape index (κ1) is 13.4. The molecule has 1 heterocycles. The highest BCUT2D eigenvalue weighted by molar-refractivity contribution is 7.80. The molecule has 3 atom stereocenters. The van der Waals surface area contributed by atoms with Crippen molar-refractivity contribution in [3.8, 4) is 0 Å². The number of likely N-dealkylation sites (tertiary alicyclic amines) is 1. The van der Waals surface area contributed by atoms with Crippen LogP contribution in [0.5, 0.6) is 0 Å². The van der Waals surface area contributed by atoms with Gasteiger partial charge in [-0.2, -0.15) is 0 Å². The standard InChI is InChI=1S/C12H22N2OS/c1-4-10(11(13)16)12(15)14-6-5-8(2)7-9(14)3/h8-10H,4-7H2,1-3H3,(H2,13,16). The summed E-state index contributed by atoms with van der Waals surface area (Å²) in [6.45, 7) is 7.16. The van der Waals surface area contributed by atoms with E-state index in [0.717, 1.165) is 19.4 Å². The molecule has 3 nitrogen and oxygen atoms in total. The predicted octanol–water partition coefficient (Wildman–Crippen LogP) is 1.95. The second-order valence-electron chi connectivity index (χ2n) is 4.87. The molecule has 92 valence electrons. The minimum atomic E-state index is -0.272. The Hall–Kier alpha value is -0.640. The SMILES string of the molecule is CCC(C(=O)N1CCC(C)CC1C)C(N)=S. The number of nitrogens with two attached hydrogens (primary N) is 1. The lowest BCUT2D eigenvalue weighted by molar-refractivity contribution is -0.137. The normalized spacial score (nSPS) is 27.6. The van der Waals surface area contributed by atoms with Crippen molar-refractivity contribution < 1.29 is 4.79 Å². The Labute approximate surface area is 103 Å². The highest BCUT2D eigenvalue weighted by Gasteiger charge is 2.31. The summed E-state index contributed by atoms with van der Waals surface area (Å²) in [5.74, 6) is 0.559. The number of carbonyl (C=O) groups excluding carboxylic acids is 1. The van der Waals surface area contributed by atoms with Gasteiger partial charge in [-0.15, -0.1) is 0 Å². The molecular formula is C12H22N2OS. The van der Waals surface area contributed by atoms with E-state index in [-0.39, 0.29) is 11.8 Å². The molecule has 0 radical (unpaired) electrons. The molecule has 0 aromatic heterocycles. The molecule has 1 amide bonds. The van der Waals surface area contributed by atoms with Gasteiger partial charge < -0.3 is 10.6 Å². The van der Waals surface area contributed by atoms with Crippen molar-refractivity contribution in [2.75, 3.05) is 6.54 Å². The van der Waals surface area contributed by atoms with Crippen LogP contribution in [0.3, 0.4) is 0 Å². The first-order valence-electron chi connectivity index (χ1n) is 6.07. The summed E-state index contributed by atoms with van der Waals surface area (Å²) in [4.78, 5) is 14.5. The average Bonchev–Trinajstić information content (AvgIpc) is 2.17. The van der Waals surface area contributed by atoms with Gasteiger partial charge in [0.15, 0.2) is 0 Å². The molecule has 0 bridgehead atoms. The quantitative estimate of drug-likeness (QED) is 0.769. The molecule has 2 N–H and O–H groups in total. The van der Waals surface area contributed by atoms with Crippen molar-refractivity contribution in [3.05, 3.63) is 0 Å². The van der Waals surface area contributed by atoms with Crippen molar-refractivity contribution in [1.82, 2.24) is 4.90 Å². The second-order valence-corrected chi connectivity index (χ2v) is 5.34. The Morgan fingerprint density at radius 2 is 2.19 bits per heavy atom.